The van der Waals surface area contributed by atoms with Crippen molar-refractivity contribution in [2.24, 2.45) is 0 Å². The molecule has 0 spiro atoms. The van der Waals surface area contributed by atoms with E-state index in [4.69, 9.17) is 23.2 Å². The van der Waals surface area contributed by atoms with E-state index in [1.807, 2.05) is 12.1 Å². The van der Waals surface area contributed by atoms with Crippen molar-refractivity contribution in [3.8, 4) is 0 Å². The first kappa shape index (κ1) is 19.1. The molecule has 0 saturated carbocycles. The molecular weight excluding hydrogens is 400 g/mol. The van der Waals surface area contributed by atoms with Gasteiger partial charge in [-0.15, -0.1) is 0 Å². The lowest BCUT2D eigenvalue weighted by Crippen LogP contribution is -2.48. The van der Waals surface area contributed by atoms with Crippen molar-refractivity contribution in [2.75, 3.05) is 26.2 Å². The van der Waals surface area contributed by atoms with Crippen molar-refractivity contribution >= 4 is 39.9 Å². The Kier molecular flexibility index (Phi) is 5.49. The van der Waals surface area contributed by atoms with E-state index in [2.05, 4.69) is 9.88 Å². The van der Waals surface area contributed by atoms with Gasteiger partial charge in [0.1, 0.15) is 5.82 Å². The number of piperazine rings is 1. The number of nitrogens with zero attached hydrogens (tertiary/aromatic N) is 3. The van der Waals surface area contributed by atoms with Crippen LogP contribution in [-0.2, 0) is 6.54 Å². The summed E-state index contributed by atoms with van der Waals surface area (Å²) in [5.74, 6) is -0.481. The van der Waals surface area contributed by atoms with Crippen LogP contribution in [0, 0.1) is 5.82 Å². The molecular formula is C21H18Cl2FN3O. The molecule has 4 rings (SSSR count). The van der Waals surface area contributed by atoms with Gasteiger partial charge in [-0.1, -0.05) is 29.3 Å². The number of carbonyl (C=O) groups is 1. The number of fused-ring (bicyclic) bond motifs is 1. The highest BCUT2D eigenvalue weighted by molar-refractivity contribution is 6.35. The second kappa shape index (κ2) is 8.03. The summed E-state index contributed by atoms with van der Waals surface area (Å²) in [7, 11) is 0. The number of pyridine rings is 1. The highest BCUT2D eigenvalue weighted by atomic mass is 35.5. The Hall–Kier alpha value is -2.21. The van der Waals surface area contributed by atoms with E-state index in [-0.39, 0.29) is 11.7 Å². The molecule has 2 heterocycles. The molecule has 0 radical (unpaired) electrons. The summed E-state index contributed by atoms with van der Waals surface area (Å²) in [6.07, 6.45) is 3.16. The van der Waals surface area contributed by atoms with Crippen LogP contribution in [0.5, 0.6) is 0 Å². The van der Waals surface area contributed by atoms with Gasteiger partial charge in [0.15, 0.2) is 0 Å². The van der Waals surface area contributed by atoms with Gasteiger partial charge in [-0.05, 0) is 35.9 Å². The van der Waals surface area contributed by atoms with Crippen LogP contribution < -0.4 is 0 Å². The van der Waals surface area contributed by atoms with Gasteiger partial charge in [0.2, 0.25) is 0 Å². The smallest absolute Gasteiger partial charge is 0.256 e. The van der Waals surface area contributed by atoms with Gasteiger partial charge in [0.05, 0.1) is 5.56 Å². The molecule has 2 aromatic carbocycles. The Morgan fingerprint density at radius 2 is 1.82 bits per heavy atom. The van der Waals surface area contributed by atoms with Crippen LogP contribution >= 0.6 is 23.2 Å². The highest BCUT2D eigenvalue weighted by Crippen LogP contribution is 2.24. The Morgan fingerprint density at radius 3 is 2.57 bits per heavy atom. The van der Waals surface area contributed by atoms with Crippen LogP contribution in [0.25, 0.3) is 10.8 Å². The van der Waals surface area contributed by atoms with E-state index in [1.165, 1.54) is 18.3 Å². The fourth-order valence-corrected chi connectivity index (χ4v) is 3.94. The molecule has 0 aliphatic carbocycles. The first-order valence-corrected chi connectivity index (χ1v) is 9.76. The van der Waals surface area contributed by atoms with Crippen molar-refractivity contribution in [1.29, 1.82) is 0 Å². The molecule has 1 amide bonds. The van der Waals surface area contributed by atoms with Gasteiger partial charge in [-0.2, -0.15) is 0 Å². The number of hydrogen-bond acceptors (Lipinski definition) is 3. The number of rotatable bonds is 3. The van der Waals surface area contributed by atoms with Crippen LogP contribution in [0.15, 0.2) is 48.8 Å². The maximum absolute atomic E-state index is 13.7. The summed E-state index contributed by atoms with van der Waals surface area (Å²) >= 11 is 12.2. The van der Waals surface area contributed by atoms with Gasteiger partial charge in [-0.3, -0.25) is 14.7 Å². The van der Waals surface area contributed by atoms with E-state index >= 15 is 0 Å². The van der Waals surface area contributed by atoms with Gasteiger partial charge < -0.3 is 4.90 Å². The number of hydrogen-bond donors (Lipinski definition) is 0. The molecule has 1 aliphatic heterocycles. The van der Waals surface area contributed by atoms with E-state index in [0.717, 1.165) is 24.0 Å². The van der Waals surface area contributed by atoms with Crippen molar-refractivity contribution in [1.82, 2.24) is 14.8 Å². The van der Waals surface area contributed by atoms with E-state index < -0.39 is 0 Å². The molecule has 1 aromatic heterocycles. The molecule has 0 unspecified atom stereocenters. The predicted octanol–water partition coefficient (Wildman–Crippen LogP) is 4.64. The Labute approximate surface area is 172 Å². The molecule has 7 heteroatoms. The van der Waals surface area contributed by atoms with Crippen molar-refractivity contribution in [3.63, 3.8) is 0 Å². The standard InChI is InChI=1S/C21H18Cl2FN3O/c22-16-3-1-15(20(23)9-16)13-26-5-7-27(8-6-26)21(28)19-12-25-11-14-2-4-17(24)10-18(14)19/h1-4,9-12H,5-8,13H2. The maximum Gasteiger partial charge on any atom is 0.256 e. The molecule has 1 fully saturated rings. The van der Waals surface area contributed by atoms with Gasteiger partial charge in [-0.25, -0.2) is 4.39 Å². The van der Waals surface area contributed by atoms with E-state index in [1.54, 1.807) is 23.2 Å². The lowest BCUT2D eigenvalue weighted by molar-refractivity contribution is 0.0630. The van der Waals surface area contributed by atoms with Gasteiger partial charge in [0.25, 0.3) is 5.91 Å². The van der Waals surface area contributed by atoms with Gasteiger partial charge >= 0.3 is 0 Å². The SMILES string of the molecule is O=C(c1cncc2ccc(F)cc12)N1CCN(Cc2ccc(Cl)cc2Cl)CC1. The quantitative estimate of drug-likeness (QED) is 0.622. The third kappa shape index (κ3) is 3.97. The van der Waals surface area contributed by atoms with Gasteiger partial charge in [0, 0.05) is 65.9 Å². The normalized spacial score (nSPS) is 15.2. The minimum atomic E-state index is -0.364. The second-order valence-corrected chi connectivity index (χ2v) is 7.70. The van der Waals surface area contributed by atoms with E-state index in [9.17, 15) is 9.18 Å². The lowest BCUT2D eigenvalue weighted by Gasteiger charge is -2.35. The van der Waals surface area contributed by atoms with Crippen LogP contribution in [-0.4, -0.2) is 46.9 Å². The lowest BCUT2D eigenvalue weighted by atomic mass is 10.1. The van der Waals surface area contributed by atoms with Crippen LogP contribution in [0.1, 0.15) is 15.9 Å². The monoisotopic (exact) mass is 417 g/mol. The Morgan fingerprint density at radius 1 is 1.04 bits per heavy atom. The summed E-state index contributed by atoms with van der Waals surface area (Å²) in [6, 6.07) is 9.91. The number of carbonyl (C=O) groups excluding carboxylic acids is 1. The Balaban J connectivity index is 1.45. The maximum atomic E-state index is 13.7. The molecule has 28 heavy (non-hydrogen) atoms. The molecule has 1 aliphatic rings. The van der Waals surface area contributed by atoms with Crippen LogP contribution in [0.2, 0.25) is 10.0 Å². The molecule has 4 nitrogen and oxygen atoms in total. The first-order valence-electron chi connectivity index (χ1n) is 9.00. The van der Waals surface area contributed by atoms with Crippen LogP contribution in [0.3, 0.4) is 0 Å². The summed E-state index contributed by atoms with van der Waals surface area (Å²) in [4.78, 5) is 21.2. The second-order valence-electron chi connectivity index (χ2n) is 6.86. The number of benzene rings is 2. The minimum Gasteiger partial charge on any atom is -0.336 e. The number of aromatic nitrogens is 1. The molecule has 1 saturated heterocycles. The molecule has 3 aromatic rings. The zero-order valence-corrected chi connectivity index (χ0v) is 16.5. The molecule has 0 bridgehead atoms. The summed E-state index contributed by atoms with van der Waals surface area (Å²) in [5, 5.41) is 2.61. The zero-order valence-electron chi connectivity index (χ0n) is 15.0. The van der Waals surface area contributed by atoms with Crippen LogP contribution in [0.4, 0.5) is 4.39 Å². The summed E-state index contributed by atoms with van der Waals surface area (Å²) in [5.41, 5.74) is 1.45. The largest absolute Gasteiger partial charge is 0.336 e. The van der Waals surface area contributed by atoms with Crippen molar-refractivity contribution in [3.05, 3.63) is 75.8 Å². The summed E-state index contributed by atoms with van der Waals surface area (Å²) < 4.78 is 13.7. The minimum absolute atomic E-state index is 0.118. The summed E-state index contributed by atoms with van der Waals surface area (Å²) in [6.45, 7) is 3.36. The van der Waals surface area contributed by atoms with E-state index in [0.29, 0.717) is 40.6 Å². The van der Waals surface area contributed by atoms with Crippen molar-refractivity contribution in [2.45, 2.75) is 6.54 Å². The number of amides is 1. The third-order valence-corrected chi connectivity index (χ3v) is 5.61. The fourth-order valence-electron chi connectivity index (χ4n) is 3.48. The first-order chi connectivity index (χ1) is 13.5. The van der Waals surface area contributed by atoms with Crippen molar-refractivity contribution < 1.29 is 9.18 Å². The fraction of sp³-hybridized carbons (Fsp3) is 0.238. The molecule has 0 N–H and O–H groups in total. The average Bonchev–Trinajstić information content (AvgIpc) is 2.69. The molecule has 144 valence electrons. The highest BCUT2D eigenvalue weighted by Gasteiger charge is 2.24. The Bertz CT molecular complexity index is 1040. The topological polar surface area (TPSA) is 36.4 Å². The number of halogens is 3. The zero-order chi connectivity index (χ0) is 19.7. The predicted molar refractivity (Wildman–Crippen MR) is 109 cm³/mol. The third-order valence-electron chi connectivity index (χ3n) is 5.02. The average molecular weight is 418 g/mol. The molecule has 0 atom stereocenters.